The van der Waals surface area contributed by atoms with Gasteiger partial charge in [0.1, 0.15) is 5.78 Å². The zero-order chi connectivity index (χ0) is 8.27. The molecule has 0 aliphatic heterocycles. The predicted molar refractivity (Wildman–Crippen MR) is 45.5 cm³/mol. The van der Waals surface area contributed by atoms with E-state index in [1.807, 2.05) is 7.05 Å². The van der Waals surface area contributed by atoms with E-state index in [2.05, 4.69) is 5.32 Å². The molecule has 0 saturated heterocycles. The second kappa shape index (κ2) is 3.86. The average Bonchev–Trinajstić information content (AvgIpc) is 2.69. The van der Waals surface area contributed by atoms with Gasteiger partial charge in [0.05, 0.1) is 0 Å². The summed E-state index contributed by atoms with van der Waals surface area (Å²) in [6, 6.07) is 0.431. The zero-order valence-corrected chi connectivity index (χ0v) is 7.39. The van der Waals surface area contributed by atoms with Crippen molar-refractivity contribution in [3.05, 3.63) is 0 Å². The van der Waals surface area contributed by atoms with E-state index in [1.54, 1.807) is 6.92 Å². The molecule has 0 bridgehead atoms. The lowest BCUT2D eigenvalue weighted by Crippen LogP contribution is -2.27. The molecule has 0 aromatic carbocycles. The van der Waals surface area contributed by atoms with Gasteiger partial charge in [-0.3, -0.25) is 4.79 Å². The molecule has 1 saturated carbocycles. The molecule has 1 rings (SSSR count). The summed E-state index contributed by atoms with van der Waals surface area (Å²) in [5, 5.41) is 3.18. The van der Waals surface area contributed by atoms with Crippen LogP contribution < -0.4 is 5.32 Å². The number of hydrogen-bond acceptors (Lipinski definition) is 2. The Labute approximate surface area is 68.4 Å². The Hall–Kier alpha value is -0.370. The molecule has 1 atom stereocenters. The Morgan fingerprint density at radius 3 is 2.64 bits per heavy atom. The molecule has 1 aliphatic carbocycles. The van der Waals surface area contributed by atoms with Gasteiger partial charge in [-0.15, -0.1) is 0 Å². The van der Waals surface area contributed by atoms with E-state index in [0.717, 1.165) is 5.92 Å². The number of carbonyl (C=O) groups is 1. The van der Waals surface area contributed by atoms with Crippen LogP contribution in [0.5, 0.6) is 0 Å². The number of carbonyl (C=O) groups excluding carboxylic acids is 1. The number of hydrogen-bond donors (Lipinski definition) is 1. The molecule has 2 heteroatoms. The van der Waals surface area contributed by atoms with Crippen molar-refractivity contribution in [3.63, 3.8) is 0 Å². The summed E-state index contributed by atoms with van der Waals surface area (Å²) < 4.78 is 0. The van der Waals surface area contributed by atoms with Crippen LogP contribution in [0.2, 0.25) is 0 Å². The molecular formula is C9H17NO. The first-order chi connectivity index (χ1) is 5.22. The molecule has 0 amide bonds. The molecule has 0 aromatic rings. The molecule has 1 aliphatic rings. The minimum atomic E-state index is 0.296. The lowest BCUT2D eigenvalue weighted by molar-refractivity contribution is -0.117. The highest BCUT2D eigenvalue weighted by atomic mass is 16.1. The third-order valence-corrected chi connectivity index (χ3v) is 2.26. The van der Waals surface area contributed by atoms with Gasteiger partial charge in [0, 0.05) is 12.5 Å². The number of ketones is 1. The lowest BCUT2D eigenvalue weighted by Gasteiger charge is -2.12. The van der Waals surface area contributed by atoms with E-state index in [4.69, 9.17) is 0 Å². The molecule has 1 fully saturated rings. The maximum absolute atomic E-state index is 10.8. The molecule has 64 valence electrons. The van der Waals surface area contributed by atoms with Crippen LogP contribution in [0.3, 0.4) is 0 Å². The summed E-state index contributed by atoms with van der Waals surface area (Å²) >= 11 is 0. The van der Waals surface area contributed by atoms with Crippen molar-refractivity contribution in [2.45, 2.75) is 38.6 Å². The number of Topliss-reactive ketones (excluding diaryl/α,β-unsaturated/α-hetero) is 1. The number of nitrogens with one attached hydrogen (secondary N) is 1. The molecule has 1 N–H and O–H groups in total. The van der Waals surface area contributed by atoms with Crippen molar-refractivity contribution in [2.75, 3.05) is 7.05 Å². The third-order valence-electron chi connectivity index (χ3n) is 2.26. The van der Waals surface area contributed by atoms with Crippen LogP contribution in [0, 0.1) is 5.92 Å². The van der Waals surface area contributed by atoms with Gasteiger partial charge in [-0.05, 0) is 26.3 Å². The average molecular weight is 155 g/mol. The van der Waals surface area contributed by atoms with Gasteiger partial charge in [0.2, 0.25) is 0 Å². The lowest BCUT2D eigenvalue weighted by atomic mass is 10.1. The van der Waals surface area contributed by atoms with Crippen LogP contribution in [0.4, 0.5) is 0 Å². The summed E-state index contributed by atoms with van der Waals surface area (Å²) in [6.45, 7) is 1.66. The summed E-state index contributed by atoms with van der Waals surface area (Å²) in [7, 11) is 1.94. The van der Waals surface area contributed by atoms with Crippen molar-refractivity contribution in [2.24, 2.45) is 5.92 Å². The van der Waals surface area contributed by atoms with Gasteiger partial charge in [-0.25, -0.2) is 0 Å². The molecule has 0 heterocycles. The monoisotopic (exact) mass is 155 g/mol. The van der Waals surface area contributed by atoms with E-state index >= 15 is 0 Å². The van der Waals surface area contributed by atoms with Crippen LogP contribution in [0.1, 0.15) is 32.6 Å². The largest absolute Gasteiger partial charge is 0.317 e. The van der Waals surface area contributed by atoms with Crippen molar-refractivity contribution < 1.29 is 4.79 Å². The highest BCUT2D eigenvalue weighted by Crippen LogP contribution is 2.33. The van der Waals surface area contributed by atoms with E-state index in [9.17, 15) is 4.79 Å². The molecule has 11 heavy (non-hydrogen) atoms. The van der Waals surface area contributed by atoms with E-state index in [-0.39, 0.29) is 0 Å². The van der Waals surface area contributed by atoms with Crippen LogP contribution in [0.15, 0.2) is 0 Å². The fourth-order valence-electron chi connectivity index (χ4n) is 1.41. The van der Waals surface area contributed by atoms with Crippen molar-refractivity contribution in [1.82, 2.24) is 5.32 Å². The maximum atomic E-state index is 10.8. The van der Waals surface area contributed by atoms with Crippen LogP contribution >= 0.6 is 0 Å². The minimum Gasteiger partial charge on any atom is -0.317 e. The Balaban J connectivity index is 2.17. The summed E-state index contributed by atoms with van der Waals surface area (Å²) in [5.41, 5.74) is 0. The van der Waals surface area contributed by atoms with Gasteiger partial charge < -0.3 is 5.32 Å². The Morgan fingerprint density at radius 2 is 2.27 bits per heavy atom. The SMILES string of the molecule is CN[C@H](CC(C)=O)CC1CC1. The summed E-state index contributed by atoms with van der Waals surface area (Å²) in [5.74, 6) is 1.21. The van der Waals surface area contributed by atoms with Crippen LogP contribution in [-0.2, 0) is 4.79 Å². The Bertz CT molecular complexity index is 140. The smallest absolute Gasteiger partial charge is 0.131 e. The second-order valence-corrected chi connectivity index (χ2v) is 3.57. The van der Waals surface area contributed by atoms with Gasteiger partial charge in [-0.1, -0.05) is 12.8 Å². The van der Waals surface area contributed by atoms with Crippen molar-refractivity contribution >= 4 is 5.78 Å². The highest BCUT2D eigenvalue weighted by molar-refractivity contribution is 5.76. The van der Waals surface area contributed by atoms with Crippen LogP contribution in [0.25, 0.3) is 0 Å². The summed E-state index contributed by atoms with van der Waals surface area (Å²) in [6.07, 6.45) is 4.63. The highest BCUT2D eigenvalue weighted by Gasteiger charge is 2.25. The van der Waals surface area contributed by atoms with E-state index < -0.39 is 0 Å². The van der Waals surface area contributed by atoms with E-state index in [1.165, 1.54) is 19.3 Å². The summed E-state index contributed by atoms with van der Waals surface area (Å²) in [4.78, 5) is 10.8. The standard InChI is InChI=1S/C9H17NO/c1-7(11)5-9(10-2)6-8-3-4-8/h8-10H,3-6H2,1-2H3/t9-/m1/s1. The van der Waals surface area contributed by atoms with Gasteiger partial charge in [-0.2, -0.15) is 0 Å². The molecular weight excluding hydrogens is 138 g/mol. The van der Waals surface area contributed by atoms with Gasteiger partial charge >= 0.3 is 0 Å². The predicted octanol–water partition coefficient (Wildman–Crippen LogP) is 1.35. The fraction of sp³-hybridized carbons (Fsp3) is 0.889. The molecule has 2 nitrogen and oxygen atoms in total. The minimum absolute atomic E-state index is 0.296. The number of rotatable bonds is 5. The maximum Gasteiger partial charge on any atom is 0.131 e. The van der Waals surface area contributed by atoms with Crippen molar-refractivity contribution in [1.29, 1.82) is 0 Å². The molecule has 0 radical (unpaired) electrons. The normalized spacial score (nSPS) is 19.8. The third kappa shape index (κ3) is 3.51. The first kappa shape index (κ1) is 8.72. The topological polar surface area (TPSA) is 29.1 Å². The van der Waals surface area contributed by atoms with Gasteiger partial charge in [0.25, 0.3) is 0 Å². The quantitative estimate of drug-likeness (QED) is 0.649. The van der Waals surface area contributed by atoms with E-state index in [0.29, 0.717) is 18.2 Å². The van der Waals surface area contributed by atoms with Crippen molar-refractivity contribution in [3.8, 4) is 0 Å². The molecule has 0 unspecified atom stereocenters. The first-order valence-electron chi connectivity index (χ1n) is 4.39. The Kier molecular flexibility index (Phi) is 3.06. The fourth-order valence-corrected chi connectivity index (χ4v) is 1.41. The zero-order valence-electron chi connectivity index (χ0n) is 7.39. The first-order valence-corrected chi connectivity index (χ1v) is 4.39. The second-order valence-electron chi connectivity index (χ2n) is 3.57. The molecule has 0 aromatic heterocycles. The van der Waals surface area contributed by atoms with Crippen LogP contribution in [-0.4, -0.2) is 18.9 Å². The van der Waals surface area contributed by atoms with Gasteiger partial charge in [0.15, 0.2) is 0 Å². The Morgan fingerprint density at radius 1 is 1.64 bits per heavy atom. The molecule has 0 spiro atoms.